The quantitative estimate of drug-likeness (QED) is 0.641. The maximum Gasteiger partial charge on any atom is 0.547 e. The lowest BCUT2D eigenvalue weighted by atomic mass is 10.3. The number of carboxylic acid groups (broad SMARTS) is 2. The molecule has 0 saturated carbocycles. The highest BCUT2D eigenvalue weighted by Crippen LogP contribution is 2.19. The van der Waals surface area contributed by atoms with Crippen molar-refractivity contribution in [3.63, 3.8) is 0 Å². The van der Waals surface area contributed by atoms with Gasteiger partial charge in [-0.2, -0.15) is 0 Å². The molecule has 110 valence electrons. The van der Waals surface area contributed by atoms with Gasteiger partial charge in [-0.3, -0.25) is 0 Å². The van der Waals surface area contributed by atoms with Crippen LogP contribution in [0.15, 0.2) is 60.7 Å². The number of hydrogen-bond acceptors (Lipinski definition) is 5. The van der Waals surface area contributed by atoms with Gasteiger partial charge < -0.3 is 14.9 Å². The Hall–Kier alpha value is -3.22. The molecule has 7 nitrogen and oxygen atoms in total. The largest absolute Gasteiger partial charge is 0.547 e. The lowest BCUT2D eigenvalue weighted by Gasteiger charge is -2.03. The Morgan fingerprint density at radius 1 is 0.667 bits per heavy atom. The van der Waals surface area contributed by atoms with E-state index in [0.717, 1.165) is 11.5 Å². The Morgan fingerprint density at radius 2 is 1.00 bits per heavy atom. The molecule has 0 bridgehead atoms. The molecule has 0 atom stereocenters. The lowest BCUT2D eigenvalue weighted by Crippen LogP contribution is -2.05. The van der Waals surface area contributed by atoms with E-state index in [9.17, 15) is 9.59 Å². The second-order valence-electron chi connectivity index (χ2n) is 3.43. The van der Waals surface area contributed by atoms with Crippen LogP contribution in [0.2, 0.25) is 0 Å². The number of hydrogen-bond donors (Lipinski definition) is 2. The summed E-state index contributed by atoms with van der Waals surface area (Å²) in [4.78, 5) is 24.8. The normalized spacial score (nSPS) is 8.76. The summed E-state index contributed by atoms with van der Waals surface area (Å²) in [5.74, 6) is 1.74. The number of rotatable bonds is 2. The Bertz CT molecular complexity index is 503. The van der Waals surface area contributed by atoms with Gasteiger partial charge in [-0.05, 0) is 24.3 Å². The molecule has 21 heavy (non-hydrogen) atoms. The summed E-state index contributed by atoms with van der Waals surface area (Å²) < 4.78 is 5.58. The number of ether oxygens (including phenoxy) is 1. The first-order valence-corrected chi connectivity index (χ1v) is 5.66. The van der Waals surface area contributed by atoms with Crippen LogP contribution in [-0.4, -0.2) is 22.5 Å². The highest BCUT2D eigenvalue weighted by molar-refractivity contribution is 5.60. The number of carbonyl (C=O) groups is 2. The van der Waals surface area contributed by atoms with Crippen LogP contribution in [0.5, 0.6) is 11.5 Å². The minimum absolute atomic E-state index is 0.869. The van der Waals surface area contributed by atoms with Gasteiger partial charge in [-0.25, -0.2) is 19.4 Å². The van der Waals surface area contributed by atoms with Crippen LogP contribution in [0, 0.1) is 0 Å². The van der Waals surface area contributed by atoms with E-state index in [1.54, 1.807) is 0 Å². The Labute approximate surface area is 119 Å². The van der Waals surface area contributed by atoms with E-state index in [1.165, 1.54) is 0 Å². The van der Waals surface area contributed by atoms with Gasteiger partial charge in [0.25, 0.3) is 0 Å². The average molecular weight is 292 g/mol. The average Bonchev–Trinajstić information content (AvgIpc) is 2.48. The summed E-state index contributed by atoms with van der Waals surface area (Å²) in [6, 6.07) is 19.5. The van der Waals surface area contributed by atoms with Crippen molar-refractivity contribution < 1.29 is 34.3 Å². The van der Waals surface area contributed by atoms with E-state index < -0.39 is 12.3 Å². The second kappa shape index (κ2) is 8.81. The van der Waals surface area contributed by atoms with E-state index >= 15 is 0 Å². The fraction of sp³-hybridized carbons (Fsp3) is 0. The van der Waals surface area contributed by atoms with Crippen molar-refractivity contribution in [3.8, 4) is 11.5 Å². The zero-order chi connectivity index (χ0) is 15.5. The summed E-state index contributed by atoms with van der Waals surface area (Å²) in [5, 5.41) is 15.1. The van der Waals surface area contributed by atoms with Gasteiger partial charge in [-0.15, -0.1) is 0 Å². The molecule has 0 amide bonds. The van der Waals surface area contributed by atoms with E-state index in [2.05, 4.69) is 9.78 Å². The minimum atomic E-state index is -1.80. The first kappa shape index (κ1) is 15.8. The van der Waals surface area contributed by atoms with Gasteiger partial charge in [0.15, 0.2) is 0 Å². The van der Waals surface area contributed by atoms with E-state index in [1.807, 2.05) is 60.7 Å². The van der Waals surface area contributed by atoms with E-state index in [0.29, 0.717) is 0 Å². The van der Waals surface area contributed by atoms with Gasteiger partial charge in [-0.1, -0.05) is 36.4 Å². The molecule has 0 saturated heterocycles. The molecule has 0 fully saturated rings. The van der Waals surface area contributed by atoms with Crippen LogP contribution in [0.3, 0.4) is 0 Å². The third kappa shape index (κ3) is 7.73. The Kier molecular flexibility index (Phi) is 6.64. The summed E-state index contributed by atoms with van der Waals surface area (Å²) in [7, 11) is 0. The highest BCUT2D eigenvalue weighted by Gasteiger charge is 2.01. The van der Waals surface area contributed by atoms with Crippen LogP contribution in [0.25, 0.3) is 0 Å². The molecule has 0 radical (unpaired) electrons. The molecule has 2 N–H and O–H groups in total. The number of para-hydroxylation sites is 2. The maximum absolute atomic E-state index is 9.29. The third-order valence-corrected chi connectivity index (χ3v) is 1.91. The maximum atomic E-state index is 9.29. The molecule has 7 heteroatoms. The zero-order valence-corrected chi connectivity index (χ0v) is 10.7. The van der Waals surface area contributed by atoms with E-state index in [4.69, 9.17) is 14.9 Å². The molecule has 0 aliphatic heterocycles. The highest BCUT2D eigenvalue weighted by atomic mass is 17.2. The fourth-order valence-corrected chi connectivity index (χ4v) is 1.18. The molecule has 0 aliphatic carbocycles. The van der Waals surface area contributed by atoms with Crippen molar-refractivity contribution in [2.75, 3.05) is 0 Å². The first-order valence-electron chi connectivity index (χ1n) is 5.66. The predicted octanol–water partition coefficient (Wildman–Crippen LogP) is 3.77. The lowest BCUT2D eigenvalue weighted by molar-refractivity contribution is -0.208. The predicted molar refractivity (Wildman–Crippen MR) is 71.2 cm³/mol. The molecule has 0 unspecified atom stereocenters. The molecule has 2 aromatic rings. The summed E-state index contributed by atoms with van der Waals surface area (Å²) in [6.07, 6.45) is -3.60. The molecular formula is C14H12O7. The molecular weight excluding hydrogens is 280 g/mol. The van der Waals surface area contributed by atoms with Crippen LogP contribution < -0.4 is 4.74 Å². The van der Waals surface area contributed by atoms with E-state index in [-0.39, 0.29) is 0 Å². The summed E-state index contributed by atoms with van der Waals surface area (Å²) >= 11 is 0. The van der Waals surface area contributed by atoms with Crippen molar-refractivity contribution in [3.05, 3.63) is 60.7 Å². The van der Waals surface area contributed by atoms with Gasteiger partial charge >= 0.3 is 12.3 Å². The van der Waals surface area contributed by atoms with Crippen LogP contribution in [0.1, 0.15) is 0 Å². The minimum Gasteiger partial charge on any atom is -0.457 e. The standard InChI is InChI=1S/C12H10O.C2H2O6/c1-3-7-11(8-4-1)13-12-9-5-2-6-10-12;3-1(4)7-8-2(5)6/h1-10H;(H,3,4)(H,5,6). The Morgan fingerprint density at radius 3 is 1.29 bits per heavy atom. The fourth-order valence-electron chi connectivity index (χ4n) is 1.18. The summed E-state index contributed by atoms with van der Waals surface area (Å²) in [5.41, 5.74) is 0. The van der Waals surface area contributed by atoms with Gasteiger partial charge in [0.2, 0.25) is 0 Å². The Balaban J connectivity index is 0.000000240. The summed E-state index contributed by atoms with van der Waals surface area (Å²) in [6.45, 7) is 0. The molecule has 0 aromatic heterocycles. The first-order chi connectivity index (χ1) is 10.1. The van der Waals surface area contributed by atoms with Gasteiger partial charge in [0, 0.05) is 0 Å². The van der Waals surface area contributed by atoms with Crippen molar-refractivity contribution >= 4 is 12.3 Å². The molecule has 0 spiro atoms. The van der Waals surface area contributed by atoms with Crippen LogP contribution in [-0.2, 0) is 9.78 Å². The molecule has 2 rings (SSSR count). The molecule has 2 aromatic carbocycles. The van der Waals surface area contributed by atoms with Crippen LogP contribution >= 0.6 is 0 Å². The van der Waals surface area contributed by atoms with Gasteiger partial charge in [0.1, 0.15) is 11.5 Å². The smallest absolute Gasteiger partial charge is 0.457 e. The van der Waals surface area contributed by atoms with Crippen molar-refractivity contribution in [1.29, 1.82) is 0 Å². The zero-order valence-electron chi connectivity index (χ0n) is 10.7. The van der Waals surface area contributed by atoms with Crippen molar-refractivity contribution in [2.24, 2.45) is 0 Å². The molecule has 0 aliphatic rings. The van der Waals surface area contributed by atoms with Crippen molar-refractivity contribution in [1.82, 2.24) is 0 Å². The second-order valence-corrected chi connectivity index (χ2v) is 3.43. The molecule has 0 heterocycles. The van der Waals surface area contributed by atoms with Crippen molar-refractivity contribution in [2.45, 2.75) is 0 Å². The SMILES string of the molecule is O=C(O)OOC(=O)O.c1ccc(Oc2ccccc2)cc1. The monoisotopic (exact) mass is 292 g/mol. The number of benzene rings is 2. The third-order valence-electron chi connectivity index (χ3n) is 1.91. The van der Waals surface area contributed by atoms with Gasteiger partial charge in [0.05, 0.1) is 0 Å². The topological polar surface area (TPSA) is 102 Å². The van der Waals surface area contributed by atoms with Crippen LogP contribution in [0.4, 0.5) is 9.59 Å².